The molecule has 0 aromatic heterocycles. The Kier molecular flexibility index (Phi) is 10.6. The summed E-state index contributed by atoms with van der Waals surface area (Å²) in [6.07, 6.45) is 5.33. The third-order valence-electron chi connectivity index (χ3n) is 4.57. The molecule has 3 heteroatoms. The predicted octanol–water partition coefficient (Wildman–Crippen LogP) is 3.15. The van der Waals surface area contributed by atoms with E-state index in [4.69, 9.17) is 4.74 Å². The van der Waals surface area contributed by atoms with Crippen molar-refractivity contribution in [1.29, 1.82) is 0 Å². The fourth-order valence-electron chi connectivity index (χ4n) is 2.79. The highest BCUT2D eigenvalue weighted by atomic mass is 16.5. The van der Waals surface area contributed by atoms with Crippen molar-refractivity contribution >= 4 is 0 Å². The average molecular weight is 309 g/mol. The smallest absolute Gasteiger partial charge is 0.0827 e. The van der Waals surface area contributed by atoms with Gasteiger partial charge in [0.25, 0.3) is 0 Å². The predicted molar refractivity (Wildman–Crippen MR) is 95.0 cm³/mol. The number of morpholine rings is 1. The molecule has 1 saturated heterocycles. The summed E-state index contributed by atoms with van der Waals surface area (Å²) in [5.41, 5.74) is 0. The van der Waals surface area contributed by atoms with E-state index in [1.807, 2.05) is 0 Å². The first-order valence-electron chi connectivity index (χ1n) is 9.22. The van der Waals surface area contributed by atoms with Crippen LogP contribution in [0.5, 0.6) is 0 Å². The van der Waals surface area contributed by atoms with E-state index in [0.29, 0.717) is 12.0 Å². The SMILES string of the molecule is CCCC(CC)CNC[C@H]1CN(CC#CC(C)CC)CCO1. The quantitative estimate of drug-likeness (QED) is 0.662. The molecule has 0 spiro atoms. The summed E-state index contributed by atoms with van der Waals surface area (Å²) in [7, 11) is 0. The molecule has 1 N–H and O–H groups in total. The molecule has 1 rings (SSSR count). The summed E-state index contributed by atoms with van der Waals surface area (Å²) in [5.74, 6) is 7.98. The Morgan fingerprint density at radius 3 is 2.77 bits per heavy atom. The van der Waals surface area contributed by atoms with Crippen LogP contribution in [0.4, 0.5) is 0 Å². The van der Waals surface area contributed by atoms with Gasteiger partial charge >= 0.3 is 0 Å². The Morgan fingerprint density at radius 1 is 1.27 bits per heavy atom. The molecule has 0 aliphatic carbocycles. The van der Waals surface area contributed by atoms with Crippen molar-refractivity contribution in [3.63, 3.8) is 0 Å². The summed E-state index contributed by atoms with van der Waals surface area (Å²) >= 11 is 0. The summed E-state index contributed by atoms with van der Waals surface area (Å²) in [6, 6.07) is 0. The minimum Gasteiger partial charge on any atom is -0.374 e. The minimum atomic E-state index is 0.318. The lowest BCUT2D eigenvalue weighted by Crippen LogP contribution is -2.47. The lowest BCUT2D eigenvalue weighted by molar-refractivity contribution is -0.0228. The van der Waals surface area contributed by atoms with Crippen molar-refractivity contribution in [2.24, 2.45) is 11.8 Å². The number of rotatable bonds is 9. The van der Waals surface area contributed by atoms with E-state index in [2.05, 4.69) is 49.8 Å². The molecule has 1 heterocycles. The van der Waals surface area contributed by atoms with Gasteiger partial charge in [-0.25, -0.2) is 0 Å². The molecule has 0 bridgehead atoms. The summed E-state index contributed by atoms with van der Waals surface area (Å²) in [5, 5.41) is 3.61. The van der Waals surface area contributed by atoms with E-state index in [-0.39, 0.29) is 0 Å². The molecule has 3 nitrogen and oxygen atoms in total. The lowest BCUT2D eigenvalue weighted by atomic mass is 10.0. The van der Waals surface area contributed by atoms with Crippen LogP contribution in [0.2, 0.25) is 0 Å². The Morgan fingerprint density at radius 2 is 2.09 bits per heavy atom. The van der Waals surface area contributed by atoms with E-state index < -0.39 is 0 Å². The molecule has 22 heavy (non-hydrogen) atoms. The van der Waals surface area contributed by atoms with E-state index >= 15 is 0 Å². The first kappa shape index (κ1) is 19.5. The van der Waals surface area contributed by atoms with Crippen LogP contribution in [0.15, 0.2) is 0 Å². The van der Waals surface area contributed by atoms with Crippen molar-refractivity contribution in [3.8, 4) is 11.8 Å². The zero-order valence-corrected chi connectivity index (χ0v) is 15.2. The van der Waals surface area contributed by atoms with Gasteiger partial charge in [-0.1, -0.05) is 52.4 Å². The minimum absolute atomic E-state index is 0.318. The Labute approximate surface area is 138 Å². The molecule has 0 aromatic carbocycles. The maximum absolute atomic E-state index is 5.88. The van der Waals surface area contributed by atoms with Crippen molar-refractivity contribution in [2.75, 3.05) is 39.3 Å². The normalized spacial score (nSPS) is 21.9. The van der Waals surface area contributed by atoms with Gasteiger partial charge in [-0.2, -0.15) is 0 Å². The molecule has 1 aliphatic rings. The van der Waals surface area contributed by atoms with Crippen LogP contribution >= 0.6 is 0 Å². The number of nitrogens with one attached hydrogen (secondary N) is 1. The molecule has 0 saturated carbocycles. The highest BCUT2D eigenvalue weighted by Gasteiger charge is 2.19. The lowest BCUT2D eigenvalue weighted by Gasteiger charge is -2.32. The highest BCUT2D eigenvalue weighted by molar-refractivity contribution is 5.04. The first-order chi connectivity index (χ1) is 10.7. The summed E-state index contributed by atoms with van der Waals surface area (Å²) in [4.78, 5) is 2.43. The van der Waals surface area contributed by atoms with E-state index in [1.54, 1.807) is 0 Å². The fourth-order valence-corrected chi connectivity index (χ4v) is 2.79. The Bertz CT molecular complexity index is 334. The van der Waals surface area contributed by atoms with Crippen LogP contribution < -0.4 is 5.32 Å². The van der Waals surface area contributed by atoms with Crippen LogP contribution in [0, 0.1) is 23.7 Å². The molecule has 0 aromatic rings. The summed E-state index contributed by atoms with van der Waals surface area (Å²) in [6.45, 7) is 14.8. The standard InChI is InChI=1S/C19H36N2O/c1-5-9-18(7-3)14-20-15-19-16-21(12-13-22-19)11-8-10-17(4)6-2/h17-20H,5-7,9,11-16H2,1-4H3/t17?,18?,19-/m0/s1. The van der Waals surface area contributed by atoms with Gasteiger partial charge in [0.15, 0.2) is 0 Å². The van der Waals surface area contributed by atoms with Crippen LogP contribution in [-0.2, 0) is 4.74 Å². The largest absolute Gasteiger partial charge is 0.374 e. The maximum Gasteiger partial charge on any atom is 0.0827 e. The fraction of sp³-hybridized carbons (Fsp3) is 0.895. The van der Waals surface area contributed by atoms with E-state index in [1.165, 1.54) is 19.3 Å². The number of hydrogen-bond acceptors (Lipinski definition) is 3. The van der Waals surface area contributed by atoms with Crippen LogP contribution in [0.3, 0.4) is 0 Å². The van der Waals surface area contributed by atoms with E-state index in [0.717, 1.165) is 51.7 Å². The van der Waals surface area contributed by atoms with Crippen molar-refractivity contribution < 1.29 is 4.74 Å². The topological polar surface area (TPSA) is 24.5 Å². The maximum atomic E-state index is 5.88. The number of nitrogens with zero attached hydrogens (tertiary/aromatic N) is 1. The molecule has 3 atom stereocenters. The molecule has 0 radical (unpaired) electrons. The molecule has 0 amide bonds. The van der Waals surface area contributed by atoms with Crippen molar-refractivity contribution in [1.82, 2.24) is 10.2 Å². The number of hydrogen-bond donors (Lipinski definition) is 1. The third-order valence-corrected chi connectivity index (χ3v) is 4.57. The average Bonchev–Trinajstić information content (AvgIpc) is 2.54. The molecule has 1 fully saturated rings. The second kappa shape index (κ2) is 11.9. The molecule has 1 aliphatic heterocycles. The van der Waals surface area contributed by atoms with Gasteiger partial charge in [-0.3, -0.25) is 4.90 Å². The van der Waals surface area contributed by atoms with Crippen LogP contribution in [0.25, 0.3) is 0 Å². The molecular formula is C19H36N2O. The van der Waals surface area contributed by atoms with Gasteiger partial charge in [0.2, 0.25) is 0 Å². The summed E-state index contributed by atoms with van der Waals surface area (Å²) < 4.78 is 5.88. The molecule has 128 valence electrons. The zero-order chi connectivity index (χ0) is 16.2. The molecule has 2 unspecified atom stereocenters. The second-order valence-electron chi connectivity index (χ2n) is 6.58. The van der Waals surface area contributed by atoms with Crippen molar-refractivity contribution in [3.05, 3.63) is 0 Å². The van der Waals surface area contributed by atoms with Gasteiger partial charge < -0.3 is 10.1 Å². The zero-order valence-electron chi connectivity index (χ0n) is 15.2. The van der Waals surface area contributed by atoms with Crippen LogP contribution in [0.1, 0.15) is 53.4 Å². The molecular weight excluding hydrogens is 272 g/mol. The number of ether oxygens (including phenoxy) is 1. The first-order valence-corrected chi connectivity index (χ1v) is 9.22. The Balaban J connectivity index is 2.23. The van der Waals surface area contributed by atoms with Gasteiger partial charge in [0.05, 0.1) is 19.3 Å². The van der Waals surface area contributed by atoms with Gasteiger partial charge in [-0.05, 0) is 25.3 Å². The second-order valence-corrected chi connectivity index (χ2v) is 6.58. The van der Waals surface area contributed by atoms with E-state index in [9.17, 15) is 0 Å². The van der Waals surface area contributed by atoms with Crippen molar-refractivity contribution in [2.45, 2.75) is 59.5 Å². The highest BCUT2D eigenvalue weighted by Crippen LogP contribution is 2.09. The van der Waals surface area contributed by atoms with Gasteiger partial charge in [0, 0.05) is 25.6 Å². The Hall–Kier alpha value is -0.560. The van der Waals surface area contributed by atoms with Crippen LogP contribution in [-0.4, -0.2) is 50.3 Å². The van der Waals surface area contributed by atoms with Gasteiger partial charge in [0.1, 0.15) is 0 Å². The monoisotopic (exact) mass is 308 g/mol. The van der Waals surface area contributed by atoms with Gasteiger partial charge in [-0.15, -0.1) is 0 Å². The third kappa shape index (κ3) is 8.17.